The van der Waals surface area contributed by atoms with Crippen molar-refractivity contribution >= 4 is 0 Å². The van der Waals surface area contributed by atoms with Crippen LogP contribution < -0.4 is 9.13 Å². The number of pyridine rings is 2. The summed E-state index contributed by atoms with van der Waals surface area (Å²) >= 11 is 0. The second-order valence-corrected chi connectivity index (χ2v) is 7.67. The third kappa shape index (κ3) is 4.97. The number of rotatable bonds is 6. The molecule has 0 radical (unpaired) electrons. The Bertz CT molecular complexity index is 1050. The minimum atomic E-state index is 0.896. The van der Waals surface area contributed by atoms with Gasteiger partial charge < -0.3 is 0 Å². The van der Waals surface area contributed by atoms with Crippen LogP contribution in [0.25, 0.3) is 11.1 Å². The van der Waals surface area contributed by atoms with Crippen molar-refractivity contribution in [2.24, 2.45) is 0 Å². The van der Waals surface area contributed by atoms with Gasteiger partial charge in [-0.1, -0.05) is 55.5 Å². The minimum Gasteiger partial charge on any atom is -0.201 e. The molecule has 0 aliphatic carbocycles. The van der Waals surface area contributed by atoms with Gasteiger partial charge in [-0.25, -0.2) is 9.13 Å². The molecule has 0 aliphatic heterocycles. The van der Waals surface area contributed by atoms with Gasteiger partial charge in [0.05, 0.1) is 0 Å². The normalized spacial score (nSPS) is 10.8. The average molecular weight is 381 g/mol. The molecule has 0 saturated carbocycles. The van der Waals surface area contributed by atoms with Crippen molar-refractivity contribution in [3.05, 3.63) is 120 Å². The van der Waals surface area contributed by atoms with E-state index in [1.54, 1.807) is 0 Å². The molecule has 0 saturated heterocycles. The topological polar surface area (TPSA) is 7.76 Å². The van der Waals surface area contributed by atoms with Gasteiger partial charge in [0.2, 0.25) is 0 Å². The lowest BCUT2D eigenvalue weighted by molar-refractivity contribution is -0.688. The molecule has 29 heavy (non-hydrogen) atoms. The van der Waals surface area contributed by atoms with Gasteiger partial charge in [0, 0.05) is 35.4 Å². The Balaban J connectivity index is 1.42. The van der Waals surface area contributed by atoms with Crippen molar-refractivity contribution in [2.75, 3.05) is 0 Å². The summed E-state index contributed by atoms with van der Waals surface area (Å²) in [4.78, 5) is 0. The highest BCUT2D eigenvalue weighted by molar-refractivity contribution is 5.63. The monoisotopic (exact) mass is 380 g/mol. The van der Waals surface area contributed by atoms with Crippen molar-refractivity contribution < 1.29 is 9.13 Å². The predicted molar refractivity (Wildman–Crippen MR) is 117 cm³/mol. The van der Waals surface area contributed by atoms with E-state index in [1.807, 2.05) is 0 Å². The number of benzene rings is 2. The average Bonchev–Trinajstić information content (AvgIpc) is 2.77. The van der Waals surface area contributed by atoms with E-state index in [1.165, 1.54) is 33.4 Å². The molecule has 0 spiro atoms. The van der Waals surface area contributed by atoms with Crippen molar-refractivity contribution in [3.63, 3.8) is 0 Å². The molecule has 0 fully saturated rings. The molecule has 2 heterocycles. The molecular formula is C27H28N2+2. The number of nitrogens with zero attached hydrogens (tertiary/aromatic N) is 2. The summed E-state index contributed by atoms with van der Waals surface area (Å²) in [5, 5.41) is 0. The summed E-state index contributed by atoms with van der Waals surface area (Å²) in [6.45, 7) is 6.10. The van der Waals surface area contributed by atoms with E-state index in [4.69, 9.17) is 0 Å². The fraction of sp³-hybridized carbons (Fsp3) is 0.185. The Morgan fingerprint density at radius 1 is 0.517 bits per heavy atom. The van der Waals surface area contributed by atoms with E-state index in [0.29, 0.717) is 0 Å². The van der Waals surface area contributed by atoms with E-state index in [9.17, 15) is 0 Å². The molecular weight excluding hydrogens is 352 g/mol. The Hall–Kier alpha value is -3.26. The molecule has 144 valence electrons. The number of aromatic nitrogens is 2. The zero-order valence-electron chi connectivity index (χ0n) is 17.3. The number of hydrogen-bond donors (Lipinski definition) is 0. The lowest BCUT2D eigenvalue weighted by atomic mass is 10.0. The number of hydrogen-bond acceptors (Lipinski definition) is 0. The van der Waals surface area contributed by atoms with Crippen LogP contribution in [0.2, 0.25) is 0 Å². The second-order valence-electron chi connectivity index (χ2n) is 7.67. The Morgan fingerprint density at radius 2 is 0.931 bits per heavy atom. The molecule has 0 unspecified atom stereocenters. The van der Waals surface area contributed by atoms with Crippen LogP contribution in [-0.2, 0) is 19.5 Å². The van der Waals surface area contributed by atoms with Crippen LogP contribution >= 0.6 is 0 Å². The summed E-state index contributed by atoms with van der Waals surface area (Å²) in [6.07, 6.45) is 9.68. The maximum Gasteiger partial charge on any atom is 0.173 e. The first kappa shape index (κ1) is 19.1. The number of aryl methyl sites for hydroxylation is 2. The summed E-state index contributed by atoms with van der Waals surface area (Å²) in [7, 11) is 0. The quantitative estimate of drug-likeness (QED) is 0.421. The molecule has 0 bridgehead atoms. The van der Waals surface area contributed by atoms with Gasteiger partial charge in [-0.3, -0.25) is 0 Å². The Labute approximate surface area is 173 Å². The van der Waals surface area contributed by atoms with Crippen molar-refractivity contribution in [1.29, 1.82) is 0 Å². The predicted octanol–water partition coefficient (Wildman–Crippen LogP) is 4.90. The highest BCUT2D eigenvalue weighted by Gasteiger charge is 2.06. The smallest absolute Gasteiger partial charge is 0.173 e. The molecule has 2 aromatic heterocycles. The molecule has 2 nitrogen and oxygen atoms in total. The van der Waals surface area contributed by atoms with E-state index in [-0.39, 0.29) is 0 Å². The van der Waals surface area contributed by atoms with Crippen molar-refractivity contribution in [2.45, 2.75) is 33.4 Å². The fourth-order valence-electron chi connectivity index (χ4n) is 3.49. The van der Waals surface area contributed by atoms with Crippen LogP contribution in [-0.4, -0.2) is 0 Å². The molecule has 0 N–H and O–H groups in total. The van der Waals surface area contributed by atoms with Crippen LogP contribution in [0.15, 0.2) is 97.6 Å². The van der Waals surface area contributed by atoms with Crippen LogP contribution in [0.5, 0.6) is 0 Å². The molecule has 4 rings (SSSR count). The highest BCUT2D eigenvalue weighted by Crippen LogP contribution is 2.20. The van der Waals surface area contributed by atoms with Crippen molar-refractivity contribution in [1.82, 2.24) is 0 Å². The lowest BCUT2D eigenvalue weighted by Crippen LogP contribution is -2.33. The van der Waals surface area contributed by atoms with Gasteiger partial charge in [0.15, 0.2) is 37.9 Å². The molecule has 0 amide bonds. The highest BCUT2D eigenvalue weighted by atomic mass is 14.9. The molecule has 0 aliphatic rings. The zero-order valence-corrected chi connectivity index (χ0v) is 17.3. The van der Waals surface area contributed by atoms with Crippen LogP contribution in [0.4, 0.5) is 0 Å². The molecule has 2 heteroatoms. The van der Waals surface area contributed by atoms with Crippen LogP contribution in [0.1, 0.15) is 29.2 Å². The Morgan fingerprint density at radius 3 is 1.34 bits per heavy atom. The maximum atomic E-state index is 2.23. The summed E-state index contributed by atoms with van der Waals surface area (Å²) in [5.41, 5.74) is 7.81. The van der Waals surface area contributed by atoms with Crippen LogP contribution in [0, 0.1) is 6.92 Å². The first-order valence-corrected chi connectivity index (χ1v) is 10.3. The maximum absolute atomic E-state index is 2.23. The van der Waals surface area contributed by atoms with Gasteiger partial charge in [0.1, 0.15) is 0 Å². The first-order valence-electron chi connectivity index (χ1n) is 10.3. The van der Waals surface area contributed by atoms with E-state index in [2.05, 4.69) is 121 Å². The first-order chi connectivity index (χ1) is 14.2. The standard InChI is InChI=1S/C27H28N2/c1-3-23-14-18-29(19-15-23)21-25-6-10-27(11-7-25)26-8-4-24(5-9-26)20-28-16-12-22(2)13-17-28/h4-19H,3,20-21H2,1-2H3/q+2. The fourth-order valence-corrected chi connectivity index (χ4v) is 3.49. The summed E-state index contributed by atoms with van der Waals surface area (Å²) < 4.78 is 4.44. The summed E-state index contributed by atoms with van der Waals surface area (Å²) in [5.74, 6) is 0. The van der Waals surface area contributed by atoms with Gasteiger partial charge in [-0.2, -0.15) is 0 Å². The van der Waals surface area contributed by atoms with Crippen molar-refractivity contribution in [3.8, 4) is 11.1 Å². The van der Waals surface area contributed by atoms with Gasteiger partial charge in [0.25, 0.3) is 0 Å². The zero-order chi connectivity index (χ0) is 20.1. The third-order valence-corrected chi connectivity index (χ3v) is 5.40. The second kappa shape index (κ2) is 8.83. The van der Waals surface area contributed by atoms with Gasteiger partial charge >= 0.3 is 0 Å². The van der Waals surface area contributed by atoms with Crippen LogP contribution in [0.3, 0.4) is 0 Å². The van der Waals surface area contributed by atoms with E-state index >= 15 is 0 Å². The molecule has 0 atom stereocenters. The summed E-state index contributed by atoms with van der Waals surface area (Å²) in [6, 6.07) is 26.5. The van der Waals surface area contributed by atoms with Gasteiger partial charge in [-0.15, -0.1) is 0 Å². The largest absolute Gasteiger partial charge is 0.201 e. The Kier molecular flexibility index (Phi) is 5.81. The third-order valence-electron chi connectivity index (χ3n) is 5.40. The minimum absolute atomic E-state index is 0.896. The van der Waals surface area contributed by atoms with E-state index in [0.717, 1.165) is 19.5 Å². The molecule has 2 aromatic carbocycles. The van der Waals surface area contributed by atoms with Gasteiger partial charge in [-0.05, 0) is 35.6 Å². The lowest BCUT2D eigenvalue weighted by Gasteiger charge is -2.05. The SMILES string of the molecule is CCc1cc[n+](Cc2ccc(-c3ccc(C[n+]4ccc(C)cc4)cc3)cc2)cc1. The van der Waals surface area contributed by atoms with E-state index < -0.39 is 0 Å². The molecule has 4 aromatic rings.